The first kappa shape index (κ1) is 12.0. The molecule has 1 unspecified atom stereocenters. The topological polar surface area (TPSA) is 29.5 Å². The molecule has 2 nitrogen and oxygen atoms in total. The number of benzene rings is 2. The Bertz CT molecular complexity index is 648. The maximum Gasteiger partial charge on any atom is 0.119 e. The second kappa shape index (κ2) is 4.64. The van der Waals surface area contributed by atoms with Gasteiger partial charge < -0.3 is 9.84 Å². The molecule has 0 amide bonds. The molecule has 0 fully saturated rings. The molecule has 0 saturated carbocycles. The van der Waals surface area contributed by atoms with Crippen molar-refractivity contribution in [3.8, 4) is 5.75 Å². The Balaban J connectivity index is 1.44. The van der Waals surface area contributed by atoms with Gasteiger partial charge in [-0.1, -0.05) is 30.3 Å². The van der Waals surface area contributed by atoms with Crippen molar-refractivity contribution in [3.63, 3.8) is 0 Å². The molecular formula is C18H18O2. The van der Waals surface area contributed by atoms with Crippen LogP contribution >= 0.6 is 0 Å². The predicted molar refractivity (Wildman–Crippen MR) is 78.1 cm³/mol. The molecule has 2 atom stereocenters. The highest BCUT2D eigenvalue weighted by atomic mass is 16.5. The van der Waals surface area contributed by atoms with Gasteiger partial charge in [0.25, 0.3) is 0 Å². The van der Waals surface area contributed by atoms with E-state index in [0.717, 1.165) is 37.2 Å². The van der Waals surface area contributed by atoms with Crippen LogP contribution in [-0.2, 0) is 12.8 Å². The van der Waals surface area contributed by atoms with E-state index in [1.165, 1.54) is 16.7 Å². The number of rotatable bonds is 3. The molecule has 0 spiro atoms. The molecule has 1 N–H and O–H groups in total. The lowest BCUT2D eigenvalue weighted by Gasteiger charge is -2.29. The predicted octanol–water partition coefficient (Wildman–Crippen LogP) is 3.38. The van der Waals surface area contributed by atoms with E-state index in [1.54, 1.807) is 0 Å². The molecule has 0 saturated heterocycles. The van der Waals surface area contributed by atoms with Gasteiger partial charge in [-0.25, -0.2) is 0 Å². The van der Waals surface area contributed by atoms with Crippen LogP contribution in [0.3, 0.4) is 0 Å². The number of aryl methyl sites for hydroxylation is 1. The summed E-state index contributed by atoms with van der Waals surface area (Å²) in [4.78, 5) is 0. The van der Waals surface area contributed by atoms with E-state index >= 15 is 0 Å². The standard InChI is InChI=1S/C18H18O2/c19-18-8-5-13-10-15(6-7-17(13)18)20-11-14-9-12-3-1-2-4-16(12)14/h1-4,6-7,10,14,18-19H,5,8-9,11H2/t14?,18-/m0/s1. The number of fused-ring (bicyclic) bond motifs is 2. The van der Waals surface area contributed by atoms with Crippen LogP contribution in [0.15, 0.2) is 42.5 Å². The summed E-state index contributed by atoms with van der Waals surface area (Å²) in [5, 5.41) is 9.81. The van der Waals surface area contributed by atoms with Crippen molar-refractivity contribution >= 4 is 0 Å². The first-order chi connectivity index (χ1) is 9.81. The molecule has 20 heavy (non-hydrogen) atoms. The molecule has 0 bridgehead atoms. The second-order valence-electron chi connectivity index (χ2n) is 5.83. The van der Waals surface area contributed by atoms with Gasteiger partial charge in [0.05, 0.1) is 12.7 Å². The number of aliphatic hydroxyl groups excluding tert-OH is 1. The highest BCUT2D eigenvalue weighted by molar-refractivity contribution is 5.41. The molecule has 2 aromatic rings. The second-order valence-corrected chi connectivity index (χ2v) is 5.83. The Kier molecular flexibility index (Phi) is 2.78. The van der Waals surface area contributed by atoms with Crippen molar-refractivity contribution < 1.29 is 9.84 Å². The fourth-order valence-electron chi connectivity index (χ4n) is 3.37. The van der Waals surface area contributed by atoms with Gasteiger partial charge in [0, 0.05) is 5.92 Å². The van der Waals surface area contributed by atoms with Gasteiger partial charge in [-0.05, 0) is 53.6 Å². The van der Waals surface area contributed by atoms with E-state index in [2.05, 4.69) is 30.3 Å². The molecule has 2 aliphatic carbocycles. The summed E-state index contributed by atoms with van der Waals surface area (Å²) in [5.41, 5.74) is 5.21. The van der Waals surface area contributed by atoms with Crippen LogP contribution in [0.2, 0.25) is 0 Å². The summed E-state index contributed by atoms with van der Waals surface area (Å²) >= 11 is 0. The maximum absolute atomic E-state index is 9.81. The first-order valence-corrected chi connectivity index (χ1v) is 7.33. The zero-order valence-electron chi connectivity index (χ0n) is 11.4. The van der Waals surface area contributed by atoms with E-state index < -0.39 is 0 Å². The molecule has 4 rings (SSSR count). The van der Waals surface area contributed by atoms with Crippen LogP contribution in [0.4, 0.5) is 0 Å². The van der Waals surface area contributed by atoms with Gasteiger partial charge in [0.2, 0.25) is 0 Å². The SMILES string of the molecule is O[C@H]1CCc2cc(OCC3Cc4ccccc43)ccc21. The van der Waals surface area contributed by atoms with Gasteiger partial charge in [0.15, 0.2) is 0 Å². The van der Waals surface area contributed by atoms with Crippen LogP contribution in [0.5, 0.6) is 5.75 Å². The Morgan fingerprint density at radius 1 is 1.05 bits per heavy atom. The highest BCUT2D eigenvalue weighted by Crippen LogP contribution is 2.36. The Morgan fingerprint density at radius 3 is 2.85 bits per heavy atom. The monoisotopic (exact) mass is 266 g/mol. The summed E-state index contributed by atoms with van der Waals surface area (Å²) in [6.07, 6.45) is 2.65. The van der Waals surface area contributed by atoms with Crippen molar-refractivity contribution in [1.29, 1.82) is 0 Å². The van der Waals surface area contributed by atoms with Crippen LogP contribution < -0.4 is 4.74 Å². The average molecular weight is 266 g/mol. The Hall–Kier alpha value is -1.80. The van der Waals surface area contributed by atoms with Crippen LogP contribution in [0, 0.1) is 0 Å². The third-order valence-corrected chi connectivity index (χ3v) is 4.57. The van der Waals surface area contributed by atoms with E-state index in [-0.39, 0.29) is 6.10 Å². The number of ether oxygens (including phenoxy) is 1. The fraction of sp³-hybridized carbons (Fsp3) is 0.333. The highest BCUT2D eigenvalue weighted by Gasteiger charge is 2.26. The molecule has 0 aromatic heterocycles. The fourth-order valence-corrected chi connectivity index (χ4v) is 3.37. The third kappa shape index (κ3) is 1.92. The van der Waals surface area contributed by atoms with Crippen LogP contribution in [0.1, 0.15) is 40.7 Å². The van der Waals surface area contributed by atoms with Crippen molar-refractivity contribution in [2.75, 3.05) is 6.61 Å². The molecule has 2 aromatic carbocycles. The number of aliphatic hydroxyl groups is 1. The smallest absolute Gasteiger partial charge is 0.119 e. The van der Waals surface area contributed by atoms with E-state index in [0.29, 0.717) is 5.92 Å². The molecule has 0 radical (unpaired) electrons. The zero-order chi connectivity index (χ0) is 13.5. The Morgan fingerprint density at radius 2 is 1.95 bits per heavy atom. The maximum atomic E-state index is 9.81. The lowest BCUT2D eigenvalue weighted by atomic mass is 9.78. The zero-order valence-corrected chi connectivity index (χ0v) is 11.4. The van der Waals surface area contributed by atoms with Gasteiger partial charge in [-0.3, -0.25) is 0 Å². The first-order valence-electron chi connectivity index (χ1n) is 7.33. The van der Waals surface area contributed by atoms with Gasteiger partial charge >= 0.3 is 0 Å². The molecule has 102 valence electrons. The minimum Gasteiger partial charge on any atom is -0.493 e. The molecular weight excluding hydrogens is 248 g/mol. The third-order valence-electron chi connectivity index (χ3n) is 4.57. The molecule has 2 aliphatic rings. The van der Waals surface area contributed by atoms with Crippen LogP contribution in [0.25, 0.3) is 0 Å². The molecule has 2 heteroatoms. The molecule has 0 aliphatic heterocycles. The largest absolute Gasteiger partial charge is 0.493 e. The van der Waals surface area contributed by atoms with Crippen molar-refractivity contribution in [2.24, 2.45) is 0 Å². The number of hydrogen-bond donors (Lipinski definition) is 1. The van der Waals surface area contributed by atoms with Gasteiger partial charge in [-0.15, -0.1) is 0 Å². The summed E-state index contributed by atoms with van der Waals surface area (Å²) in [7, 11) is 0. The van der Waals surface area contributed by atoms with Crippen molar-refractivity contribution in [2.45, 2.75) is 31.3 Å². The van der Waals surface area contributed by atoms with Crippen LogP contribution in [-0.4, -0.2) is 11.7 Å². The lowest BCUT2D eigenvalue weighted by Crippen LogP contribution is -2.23. The van der Waals surface area contributed by atoms with Gasteiger partial charge in [0.1, 0.15) is 5.75 Å². The van der Waals surface area contributed by atoms with E-state index in [9.17, 15) is 5.11 Å². The van der Waals surface area contributed by atoms with Gasteiger partial charge in [-0.2, -0.15) is 0 Å². The minimum absolute atomic E-state index is 0.280. The quantitative estimate of drug-likeness (QED) is 0.922. The summed E-state index contributed by atoms with van der Waals surface area (Å²) in [5.74, 6) is 1.47. The van der Waals surface area contributed by atoms with E-state index in [4.69, 9.17) is 4.74 Å². The Labute approximate surface area is 119 Å². The summed E-state index contributed by atoms with van der Waals surface area (Å²) < 4.78 is 5.95. The normalized spacial score (nSPS) is 22.9. The van der Waals surface area contributed by atoms with Crippen molar-refractivity contribution in [1.82, 2.24) is 0 Å². The average Bonchev–Trinajstić information content (AvgIpc) is 2.81. The summed E-state index contributed by atoms with van der Waals surface area (Å²) in [6, 6.07) is 14.7. The minimum atomic E-state index is -0.280. The van der Waals surface area contributed by atoms with E-state index in [1.807, 2.05) is 12.1 Å². The lowest BCUT2D eigenvalue weighted by molar-refractivity contribution is 0.180. The molecule has 0 heterocycles. The number of hydrogen-bond acceptors (Lipinski definition) is 2. The van der Waals surface area contributed by atoms with Crippen molar-refractivity contribution in [3.05, 3.63) is 64.7 Å². The summed E-state index contributed by atoms with van der Waals surface area (Å²) in [6.45, 7) is 0.748.